The average molecular weight is 372 g/mol. The standard InChI is InChI=1S/C20H28N4O3/c1-4-21-20(27)17-8-14(22-18(26)11-25)9-24(17)10-16-13(3)15-7-5-6-12(2)19(15)23-16/h5-7,14,17,23,25H,4,8-11H2,1-3H3,(H,21,27)(H,22,26)/t14-,17-/m0/s1. The third-order valence-electron chi connectivity index (χ3n) is 5.33. The Morgan fingerprint density at radius 2 is 2.11 bits per heavy atom. The summed E-state index contributed by atoms with van der Waals surface area (Å²) in [5.41, 5.74) is 4.59. The fourth-order valence-electron chi connectivity index (χ4n) is 3.94. The zero-order chi connectivity index (χ0) is 19.6. The number of aromatic amines is 1. The monoisotopic (exact) mass is 372 g/mol. The van der Waals surface area contributed by atoms with E-state index < -0.39 is 12.5 Å². The number of carbonyl (C=O) groups is 2. The van der Waals surface area contributed by atoms with Crippen LogP contribution >= 0.6 is 0 Å². The summed E-state index contributed by atoms with van der Waals surface area (Å²) in [5.74, 6) is -0.433. The van der Waals surface area contributed by atoms with Gasteiger partial charge in [0.2, 0.25) is 11.8 Å². The van der Waals surface area contributed by atoms with Crippen molar-refractivity contribution in [3.63, 3.8) is 0 Å². The van der Waals surface area contributed by atoms with E-state index >= 15 is 0 Å². The molecule has 1 aromatic carbocycles. The Balaban J connectivity index is 1.84. The molecule has 2 atom stereocenters. The molecule has 3 rings (SSSR count). The number of likely N-dealkylation sites (tertiary alicyclic amines) is 1. The van der Waals surface area contributed by atoms with E-state index in [9.17, 15) is 9.59 Å². The molecular weight excluding hydrogens is 344 g/mol. The fraction of sp³-hybridized carbons (Fsp3) is 0.500. The second kappa shape index (κ2) is 8.10. The van der Waals surface area contributed by atoms with Crippen LogP contribution in [-0.4, -0.2) is 58.6 Å². The summed E-state index contributed by atoms with van der Waals surface area (Å²) in [5, 5.41) is 15.9. The minimum atomic E-state index is -0.539. The number of carbonyl (C=O) groups excluding carboxylic acids is 2. The van der Waals surface area contributed by atoms with Crippen LogP contribution in [0.4, 0.5) is 0 Å². The predicted octanol–water partition coefficient (Wildman–Crippen LogP) is 0.972. The molecule has 2 aromatic rings. The molecule has 27 heavy (non-hydrogen) atoms. The van der Waals surface area contributed by atoms with Crippen molar-refractivity contribution >= 4 is 22.7 Å². The number of aliphatic hydroxyl groups is 1. The molecule has 2 heterocycles. The number of aryl methyl sites for hydroxylation is 2. The zero-order valence-corrected chi connectivity index (χ0v) is 16.1. The van der Waals surface area contributed by atoms with Crippen molar-refractivity contribution in [2.75, 3.05) is 19.7 Å². The highest BCUT2D eigenvalue weighted by molar-refractivity contribution is 5.87. The quantitative estimate of drug-likeness (QED) is 0.607. The van der Waals surface area contributed by atoms with Crippen molar-refractivity contribution in [3.05, 3.63) is 35.0 Å². The number of aliphatic hydroxyl groups excluding tert-OH is 1. The topological polar surface area (TPSA) is 97.5 Å². The van der Waals surface area contributed by atoms with Gasteiger partial charge in [-0.05, 0) is 38.3 Å². The Kier molecular flexibility index (Phi) is 5.82. The van der Waals surface area contributed by atoms with Crippen molar-refractivity contribution in [2.24, 2.45) is 0 Å². The van der Waals surface area contributed by atoms with Crippen LogP contribution in [0.1, 0.15) is 30.2 Å². The Morgan fingerprint density at radius 1 is 1.33 bits per heavy atom. The molecule has 0 radical (unpaired) electrons. The van der Waals surface area contributed by atoms with Gasteiger partial charge in [0.1, 0.15) is 6.61 Å². The normalized spacial score (nSPS) is 20.1. The van der Waals surface area contributed by atoms with Gasteiger partial charge in [0, 0.05) is 42.3 Å². The first-order chi connectivity index (χ1) is 12.9. The van der Waals surface area contributed by atoms with E-state index in [2.05, 4.69) is 52.6 Å². The lowest BCUT2D eigenvalue weighted by Crippen LogP contribution is -2.42. The number of fused-ring (bicyclic) bond motifs is 1. The van der Waals surface area contributed by atoms with E-state index in [-0.39, 0.29) is 18.0 Å². The van der Waals surface area contributed by atoms with Gasteiger partial charge in [0.05, 0.1) is 6.04 Å². The van der Waals surface area contributed by atoms with Crippen LogP contribution in [0.5, 0.6) is 0 Å². The predicted molar refractivity (Wildman–Crippen MR) is 104 cm³/mol. The highest BCUT2D eigenvalue weighted by Crippen LogP contribution is 2.27. The summed E-state index contributed by atoms with van der Waals surface area (Å²) in [6.07, 6.45) is 0.538. The highest BCUT2D eigenvalue weighted by atomic mass is 16.3. The first-order valence-corrected chi connectivity index (χ1v) is 9.43. The average Bonchev–Trinajstić information content (AvgIpc) is 3.18. The van der Waals surface area contributed by atoms with Crippen LogP contribution in [0.2, 0.25) is 0 Å². The van der Waals surface area contributed by atoms with Gasteiger partial charge in [-0.2, -0.15) is 0 Å². The fourth-order valence-corrected chi connectivity index (χ4v) is 3.94. The molecule has 1 aromatic heterocycles. The number of aromatic nitrogens is 1. The van der Waals surface area contributed by atoms with Gasteiger partial charge in [0.25, 0.3) is 0 Å². The first-order valence-electron chi connectivity index (χ1n) is 9.43. The molecule has 1 fully saturated rings. The van der Waals surface area contributed by atoms with E-state index in [1.807, 2.05) is 6.92 Å². The van der Waals surface area contributed by atoms with Crippen LogP contribution in [0, 0.1) is 13.8 Å². The summed E-state index contributed by atoms with van der Waals surface area (Å²) >= 11 is 0. The molecule has 0 bridgehead atoms. The third kappa shape index (κ3) is 3.99. The number of nitrogens with zero attached hydrogens (tertiary/aromatic N) is 1. The number of para-hydroxylation sites is 1. The summed E-state index contributed by atoms with van der Waals surface area (Å²) < 4.78 is 0. The van der Waals surface area contributed by atoms with Gasteiger partial charge in [-0.25, -0.2) is 0 Å². The lowest BCUT2D eigenvalue weighted by atomic mass is 10.1. The Hall–Kier alpha value is -2.38. The van der Waals surface area contributed by atoms with Gasteiger partial charge >= 0.3 is 0 Å². The largest absolute Gasteiger partial charge is 0.387 e. The molecule has 2 amide bonds. The highest BCUT2D eigenvalue weighted by Gasteiger charge is 2.37. The van der Waals surface area contributed by atoms with Crippen molar-refractivity contribution < 1.29 is 14.7 Å². The van der Waals surface area contributed by atoms with E-state index in [0.717, 1.165) is 11.2 Å². The lowest BCUT2D eigenvalue weighted by Gasteiger charge is -2.23. The SMILES string of the molecule is CCNC(=O)[C@@H]1C[C@H](NC(=O)CO)CN1Cc1[nH]c2c(C)cccc2c1C. The van der Waals surface area contributed by atoms with Crippen LogP contribution in [0.15, 0.2) is 18.2 Å². The minimum Gasteiger partial charge on any atom is -0.387 e. The van der Waals surface area contributed by atoms with Gasteiger partial charge in [-0.3, -0.25) is 14.5 Å². The lowest BCUT2D eigenvalue weighted by molar-refractivity contribution is -0.126. The Labute approximate surface area is 159 Å². The van der Waals surface area contributed by atoms with Crippen LogP contribution in [0.25, 0.3) is 10.9 Å². The summed E-state index contributed by atoms with van der Waals surface area (Å²) in [6.45, 7) is 7.28. The van der Waals surface area contributed by atoms with Crippen molar-refractivity contribution in [3.8, 4) is 0 Å². The van der Waals surface area contributed by atoms with E-state index in [1.54, 1.807) is 0 Å². The second-order valence-electron chi connectivity index (χ2n) is 7.22. The maximum absolute atomic E-state index is 12.5. The summed E-state index contributed by atoms with van der Waals surface area (Å²) in [7, 11) is 0. The Bertz CT molecular complexity index is 845. The molecule has 7 nitrogen and oxygen atoms in total. The van der Waals surface area contributed by atoms with Crippen LogP contribution < -0.4 is 10.6 Å². The maximum atomic E-state index is 12.5. The number of nitrogens with one attached hydrogen (secondary N) is 3. The maximum Gasteiger partial charge on any atom is 0.245 e. The smallest absolute Gasteiger partial charge is 0.245 e. The molecule has 0 saturated carbocycles. The molecule has 4 N–H and O–H groups in total. The zero-order valence-electron chi connectivity index (χ0n) is 16.1. The van der Waals surface area contributed by atoms with Crippen molar-refractivity contribution in [1.82, 2.24) is 20.5 Å². The molecular formula is C20H28N4O3. The molecule has 7 heteroatoms. The van der Waals surface area contributed by atoms with Crippen molar-refractivity contribution in [1.29, 1.82) is 0 Å². The number of likely N-dealkylation sites (N-methyl/N-ethyl adjacent to an activating group) is 1. The van der Waals surface area contributed by atoms with Gasteiger partial charge in [-0.15, -0.1) is 0 Å². The minimum absolute atomic E-state index is 0.0248. The number of benzene rings is 1. The number of H-pyrrole nitrogens is 1. The number of hydrogen-bond donors (Lipinski definition) is 4. The molecule has 0 unspecified atom stereocenters. The molecule has 1 aliphatic heterocycles. The summed E-state index contributed by atoms with van der Waals surface area (Å²) in [4.78, 5) is 29.7. The molecule has 1 saturated heterocycles. The van der Waals surface area contributed by atoms with Gasteiger partial charge < -0.3 is 20.7 Å². The number of rotatable bonds is 6. The van der Waals surface area contributed by atoms with Gasteiger partial charge in [-0.1, -0.05) is 18.2 Å². The number of amides is 2. The van der Waals surface area contributed by atoms with E-state index in [1.165, 1.54) is 16.5 Å². The van der Waals surface area contributed by atoms with Crippen molar-refractivity contribution in [2.45, 2.75) is 45.8 Å². The first kappa shape index (κ1) is 19.4. The van der Waals surface area contributed by atoms with E-state index in [0.29, 0.717) is 26.1 Å². The van der Waals surface area contributed by atoms with Crippen LogP contribution in [-0.2, 0) is 16.1 Å². The second-order valence-corrected chi connectivity index (χ2v) is 7.22. The van der Waals surface area contributed by atoms with Gasteiger partial charge in [0.15, 0.2) is 0 Å². The van der Waals surface area contributed by atoms with Crippen LogP contribution in [0.3, 0.4) is 0 Å². The van der Waals surface area contributed by atoms with E-state index in [4.69, 9.17) is 5.11 Å². The molecule has 0 aliphatic carbocycles. The molecule has 0 spiro atoms. The molecule has 146 valence electrons. The molecule has 1 aliphatic rings. The number of hydrogen-bond acceptors (Lipinski definition) is 4. The summed E-state index contributed by atoms with van der Waals surface area (Å²) in [6, 6.07) is 5.78. The third-order valence-corrected chi connectivity index (χ3v) is 5.33. The Morgan fingerprint density at radius 3 is 2.78 bits per heavy atom.